The minimum absolute atomic E-state index is 0.243. The predicted molar refractivity (Wildman–Crippen MR) is 133 cm³/mol. The number of Topliss-reactive ketones (excluding diaryl/α,β-unsaturated/α-hetero) is 1. The summed E-state index contributed by atoms with van der Waals surface area (Å²) in [5, 5.41) is 0. The van der Waals surface area contributed by atoms with Crippen molar-refractivity contribution in [2.24, 2.45) is 0 Å². The lowest BCUT2D eigenvalue weighted by atomic mass is 9.84. The molecule has 1 aromatic rings. The van der Waals surface area contributed by atoms with Gasteiger partial charge in [0.25, 0.3) is 0 Å². The molecule has 2 saturated heterocycles. The van der Waals surface area contributed by atoms with E-state index >= 15 is 0 Å². The maximum Gasteiger partial charge on any atom is 0.213 e. The van der Waals surface area contributed by atoms with Crippen molar-refractivity contribution in [3.63, 3.8) is 0 Å². The normalized spacial score (nSPS) is 21.5. The largest absolute Gasteiger partial charge is 0.289 e. The number of rotatable bonds is 6. The highest BCUT2D eigenvalue weighted by atomic mass is 32.2. The molecule has 1 saturated carbocycles. The highest BCUT2D eigenvalue weighted by molar-refractivity contribution is 7.97. The average Bonchev–Trinajstić information content (AvgIpc) is 3.34. The van der Waals surface area contributed by atoms with Gasteiger partial charge in [-0.15, -0.1) is 0 Å². The Morgan fingerprint density at radius 2 is 1.48 bits per heavy atom. The number of carbonyl (C=O) groups is 1. The maximum atomic E-state index is 12.3. The van der Waals surface area contributed by atoms with Gasteiger partial charge in [0.1, 0.15) is 11.5 Å². The predicted octanol–water partition coefficient (Wildman–Crippen LogP) is 5.15. The number of hydrogen-bond donors (Lipinski definition) is 0. The number of nitrogens with zero attached hydrogens (tertiary/aromatic N) is 1. The van der Waals surface area contributed by atoms with Gasteiger partial charge in [-0.3, -0.25) is 4.79 Å². The Balaban J connectivity index is 0.000000210. The molecule has 0 unspecified atom stereocenters. The molecule has 0 aromatic heterocycles. The van der Waals surface area contributed by atoms with E-state index in [9.17, 15) is 13.2 Å². The highest BCUT2D eigenvalue weighted by Crippen LogP contribution is 2.32. The molecule has 4 rings (SSSR count). The third-order valence-corrected chi connectivity index (χ3v) is 11.1. The zero-order valence-corrected chi connectivity index (χ0v) is 20.8. The van der Waals surface area contributed by atoms with E-state index in [1.807, 2.05) is 0 Å². The van der Waals surface area contributed by atoms with E-state index in [1.165, 1.54) is 68.4 Å². The van der Waals surface area contributed by atoms with E-state index in [0.717, 1.165) is 43.2 Å². The van der Waals surface area contributed by atoms with Crippen molar-refractivity contribution in [2.75, 3.05) is 36.1 Å². The van der Waals surface area contributed by atoms with Crippen molar-refractivity contribution < 1.29 is 13.2 Å². The Bertz CT molecular complexity index is 773. The Hall–Kier alpha value is -0.850. The van der Waals surface area contributed by atoms with Crippen molar-refractivity contribution in [1.82, 2.24) is 4.31 Å². The van der Waals surface area contributed by atoms with Gasteiger partial charge in [-0.1, -0.05) is 49.9 Å². The molecule has 1 aromatic carbocycles. The van der Waals surface area contributed by atoms with Crippen LogP contribution in [0.3, 0.4) is 0 Å². The first-order valence-corrected chi connectivity index (χ1v) is 15.6. The molecule has 2 heterocycles. The van der Waals surface area contributed by atoms with E-state index in [-0.39, 0.29) is 5.75 Å². The smallest absolute Gasteiger partial charge is 0.213 e. The molecule has 6 heteroatoms. The lowest BCUT2D eigenvalue weighted by molar-refractivity contribution is 0.102. The zero-order valence-electron chi connectivity index (χ0n) is 19.2. The van der Waals surface area contributed by atoms with Crippen molar-refractivity contribution in [2.45, 2.75) is 77.0 Å². The summed E-state index contributed by atoms with van der Waals surface area (Å²) in [6.07, 6.45) is 12.7. The van der Waals surface area contributed by atoms with Gasteiger partial charge in [-0.05, 0) is 67.8 Å². The van der Waals surface area contributed by atoms with Gasteiger partial charge in [0.05, 0.1) is 5.75 Å². The molecule has 31 heavy (non-hydrogen) atoms. The van der Waals surface area contributed by atoms with E-state index < -0.39 is 10.0 Å². The van der Waals surface area contributed by atoms with E-state index in [2.05, 4.69) is 24.3 Å². The van der Waals surface area contributed by atoms with E-state index in [1.54, 1.807) is 11.2 Å². The average molecular weight is 467 g/mol. The summed E-state index contributed by atoms with van der Waals surface area (Å²) < 4.78 is 24.2. The molecule has 0 spiro atoms. The highest BCUT2D eigenvalue weighted by Gasteiger charge is 2.27. The molecule has 4 nitrogen and oxygen atoms in total. The molecule has 0 N–H and O–H groups in total. The molecule has 3 aliphatic rings. The summed E-state index contributed by atoms with van der Waals surface area (Å²) in [5.41, 5.74) is 2.38. The summed E-state index contributed by atoms with van der Waals surface area (Å²) in [7, 11) is -2.50. The number of carbonyl (C=O) groups excluding carboxylic acids is 1. The molecule has 2 aliphatic heterocycles. The third kappa shape index (κ3) is 7.61. The van der Waals surface area contributed by atoms with Crippen molar-refractivity contribution in [3.05, 3.63) is 35.4 Å². The topological polar surface area (TPSA) is 54.5 Å². The monoisotopic (exact) mass is 466 g/mol. The second kappa shape index (κ2) is 12.4. The van der Waals surface area contributed by atoms with Gasteiger partial charge in [0.2, 0.25) is 15.8 Å². The van der Waals surface area contributed by atoms with Crippen LogP contribution in [0.15, 0.2) is 24.3 Å². The van der Waals surface area contributed by atoms with Crippen molar-refractivity contribution >= 4 is 26.7 Å². The number of piperidine rings is 1. The van der Waals surface area contributed by atoms with Crippen LogP contribution in [-0.4, -0.2) is 54.6 Å². The van der Waals surface area contributed by atoms with E-state index in [0.29, 0.717) is 16.7 Å². The second-order valence-electron chi connectivity index (χ2n) is 9.11. The van der Waals surface area contributed by atoms with Crippen molar-refractivity contribution in [3.8, 4) is 0 Å². The van der Waals surface area contributed by atoms with Crippen LogP contribution in [0.1, 0.15) is 93.0 Å². The van der Waals surface area contributed by atoms with Crippen molar-refractivity contribution in [1.29, 1.82) is 0 Å². The maximum absolute atomic E-state index is 12.3. The number of ketones is 1. The molecule has 1 aliphatic carbocycles. The number of sulfonamides is 1. The molecular weight excluding hydrogens is 426 g/mol. The minimum Gasteiger partial charge on any atom is -0.289 e. The zero-order chi connectivity index (χ0) is 22.1. The van der Waals surface area contributed by atoms with Crippen LogP contribution >= 0.6 is 0 Å². The van der Waals surface area contributed by atoms with Crippen LogP contribution in [0.2, 0.25) is 0 Å². The number of benzene rings is 1. The summed E-state index contributed by atoms with van der Waals surface area (Å²) in [4.78, 5) is 12.3. The first-order chi connectivity index (χ1) is 15.0. The third-order valence-electron chi connectivity index (χ3n) is 6.83. The lowest BCUT2D eigenvalue weighted by Crippen LogP contribution is -2.36. The van der Waals surface area contributed by atoms with Gasteiger partial charge in [0, 0.05) is 18.7 Å². The SMILES string of the molecule is CCS(=O)(=O)N1CCCCC1.O=C(C[S+]1CCCC1)c1ccc(C2CCCCC2)cc1. The molecule has 0 radical (unpaired) electrons. The van der Waals surface area contributed by atoms with Crippen LogP contribution in [0.25, 0.3) is 0 Å². The minimum atomic E-state index is -2.89. The van der Waals surface area contributed by atoms with Gasteiger partial charge in [-0.2, -0.15) is 0 Å². The first kappa shape index (κ1) is 24.8. The molecule has 0 bridgehead atoms. The molecule has 0 amide bonds. The van der Waals surface area contributed by atoms with E-state index in [4.69, 9.17) is 0 Å². The Kier molecular flexibility index (Phi) is 9.92. The fourth-order valence-electron chi connectivity index (χ4n) is 4.83. The molecule has 0 atom stereocenters. The van der Waals surface area contributed by atoms with Gasteiger partial charge in [0.15, 0.2) is 5.75 Å². The van der Waals surface area contributed by atoms with Gasteiger partial charge < -0.3 is 0 Å². The van der Waals surface area contributed by atoms with Crippen LogP contribution in [-0.2, 0) is 20.9 Å². The summed E-state index contributed by atoms with van der Waals surface area (Å²) in [5.74, 6) is 4.71. The standard InChI is InChI=1S/C18H25OS.C7H15NO2S/c19-18(14-20-12-4-5-13-20)17-10-8-16(9-11-17)15-6-2-1-3-7-15;1-2-11(9,10)8-6-4-3-5-7-8/h8-11,15H,1-7,12-14H2;2-7H2,1H3/q+1;. The molecule has 174 valence electrons. The Morgan fingerprint density at radius 3 is 2.06 bits per heavy atom. The second-order valence-corrected chi connectivity index (χ2v) is 13.7. The fourth-order valence-corrected chi connectivity index (χ4v) is 8.26. The summed E-state index contributed by atoms with van der Waals surface area (Å²) >= 11 is 0. The van der Waals surface area contributed by atoms with Crippen LogP contribution < -0.4 is 0 Å². The number of hydrogen-bond acceptors (Lipinski definition) is 3. The quantitative estimate of drug-likeness (QED) is 0.430. The van der Waals surface area contributed by atoms with Gasteiger partial charge >= 0.3 is 0 Å². The Labute approximate surface area is 192 Å². The van der Waals surface area contributed by atoms with Gasteiger partial charge in [-0.25, -0.2) is 12.7 Å². The van der Waals surface area contributed by atoms with Crippen LogP contribution in [0, 0.1) is 0 Å². The molecular formula is C25H40NO3S2+. The Morgan fingerprint density at radius 1 is 0.903 bits per heavy atom. The van der Waals surface area contributed by atoms with Crippen LogP contribution in [0.5, 0.6) is 0 Å². The van der Waals surface area contributed by atoms with Crippen LogP contribution in [0.4, 0.5) is 0 Å². The molecule has 3 fully saturated rings. The summed E-state index contributed by atoms with van der Waals surface area (Å²) in [6, 6.07) is 8.57. The first-order valence-electron chi connectivity index (χ1n) is 12.2. The summed E-state index contributed by atoms with van der Waals surface area (Å²) in [6.45, 7) is 3.16. The fraction of sp³-hybridized carbons (Fsp3) is 0.720. The lowest BCUT2D eigenvalue weighted by Gasteiger charge is -2.24.